The standard InChI is InChI=1S/C10H5I.CH2.HI.V/c1-3-8-5-6-10(11)7-9(8)4-2;;;/h1-2,5-7H;1H2;1H;/q;;;+1/p-1. The van der Waals surface area contributed by atoms with Crippen molar-refractivity contribution in [1.82, 2.24) is 0 Å². The number of benzene rings is 1. The van der Waals surface area contributed by atoms with Crippen LogP contribution in [0.25, 0.3) is 0 Å². The molecule has 0 saturated heterocycles. The first-order valence-electron chi connectivity index (χ1n) is 3.49. The van der Waals surface area contributed by atoms with E-state index in [0.717, 1.165) is 14.7 Å². The van der Waals surface area contributed by atoms with Gasteiger partial charge in [0.25, 0.3) is 0 Å². The maximum absolute atomic E-state index is 5.25. The fourth-order valence-corrected chi connectivity index (χ4v) is 1.25. The van der Waals surface area contributed by atoms with Crippen molar-refractivity contribution in [3.05, 3.63) is 32.9 Å². The Morgan fingerprint density at radius 2 is 1.71 bits per heavy atom. The first-order valence-corrected chi connectivity index (χ1v) is 10.1. The molecule has 0 spiro atoms. The van der Waals surface area contributed by atoms with E-state index in [1.54, 1.807) is 0 Å². The monoisotopic (exact) mass is 444 g/mol. The summed E-state index contributed by atoms with van der Waals surface area (Å²) in [5.41, 5.74) is 1.58. The van der Waals surface area contributed by atoms with Gasteiger partial charge in [-0.1, -0.05) is 11.8 Å². The summed E-state index contributed by atoms with van der Waals surface area (Å²) in [4.78, 5) is 0. The Balaban J connectivity index is 0.000000500. The quantitative estimate of drug-likeness (QED) is 0.427. The van der Waals surface area contributed by atoms with Crippen LogP contribution in [0.2, 0.25) is 0 Å². The molecule has 3 heteroatoms. The van der Waals surface area contributed by atoms with Gasteiger partial charge in [0, 0.05) is 14.7 Å². The summed E-state index contributed by atoms with van der Waals surface area (Å²) in [5.74, 6) is 5.07. The Labute approximate surface area is 116 Å². The summed E-state index contributed by atoms with van der Waals surface area (Å²) in [5, 5.41) is 3.57. The summed E-state index contributed by atoms with van der Waals surface area (Å²) in [6.45, 7) is 0. The van der Waals surface area contributed by atoms with Gasteiger partial charge in [0.1, 0.15) is 0 Å². The molecule has 0 radical (unpaired) electrons. The van der Waals surface area contributed by atoms with Crippen molar-refractivity contribution in [1.29, 1.82) is 0 Å². The van der Waals surface area contributed by atoms with Crippen molar-refractivity contribution in [2.45, 2.75) is 0 Å². The van der Waals surface area contributed by atoms with Gasteiger partial charge in [0.15, 0.2) is 0 Å². The van der Waals surface area contributed by atoms with E-state index in [1.165, 1.54) is 0 Å². The molecule has 0 nitrogen and oxygen atoms in total. The molecule has 1 aromatic carbocycles. The zero-order chi connectivity index (χ0) is 11.0. The van der Waals surface area contributed by atoms with Crippen LogP contribution >= 0.6 is 42.6 Å². The van der Waals surface area contributed by atoms with Crippen LogP contribution in [0.4, 0.5) is 0 Å². The fourth-order valence-electron chi connectivity index (χ4n) is 0.762. The molecule has 1 rings (SSSR count). The van der Waals surface area contributed by atoms with Gasteiger partial charge < -0.3 is 0 Å². The van der Waals surface area contributed by atoms with Gasteiger partial charge in [0.2, 0.25) is 0 Å². The van der Waals surface area contributed by atoms with Gasteiger partial charge in [-0.15, -0.1) is 12.8 Å². The molecule has 14 heavy (non-hydrogen) atoms. The third-order valence-electron chi connectivity index (χ3n) is 1.29. The predicted octanol–water partition coefficient (Wildman–Crippen LogP) is 3.10. The molecule has 0 saturated carbocycles. The molecule has 0 unspecified atom stereocenters. The van der Waals surface area contributed by atoms with E-state index < -0.39 is 0 Å². The van der Waals surface area contributed by atoms with Gasteiger partial charge in [-0.2, -0.15) is 0 Å². The molecule has 0 atom stereocenters. The first kappa shape index (κ1) is 14.3. The van der Waals surface area contributed by atoms with Gasteiger partial charge in [-0.05, 0) is 40.8 Å². The van der Waals surface area contributed by atoms with Crippen LogP contribution in [0.15, 0.2) is 18.2 Å². The topological polar surface area (TPSA) is 0 Å². The molecule has 0 fully saturated rings. The molecule has 70 valence electrons. The maximum atomic E-state index is 5.25. The van der Waals surface area contributed by atoms with Crippen molar-refractivity contribution in [2.24, 2.45) is 0 Å². The van der Waals surface area contributed by atoms with E-state index in [1.807, 2.05) is 18.2 Å². The van der Waals surface area contributed by atoms with Crippen LogP contribution in [-0.4, -0.2) is 5.23 Å². The predicted molar refractivity (Wildman–Crippen MR) is 76.2 cm³/mol. The van der Waals surface area contributed by atoms with Gasteiger partial charge >= 0.3 is 37.6 Å². The SMILES string of the molecule is C#Cc1ccc(I)cc1C#C.[CH2]=[V][I]. The van der Waals surface area contributed by atoms with Crippen LogP contribution in [0.3, 0.4) is 0 Å². The van der Waals surface area contributed by atoms with E-state index in [0.29, 0.717) is 12.4 Å². The molecule has 1 aromatic rings. The molecular weight excluding hydrogens is 437 g/mol. The van der Waals surface area contributed by atoms with Crippen LogP contribution in [-0.2, 0) is 12.4 Å². The summed E-state index contributed by atoms with van der Waals surface area (Å²) in [6.07, 6.45) is 10.5. The second kappa shape index (κ2) is 8.55. The van der Waals surface area contributed by atoms with Crippen molar-refractivity contribution in [2.75, 3.05) is 0 Å². The summed E-state index contributed by atoms with van der Waals surface area (Å²) in [7, 11) is 0. The number of terminal acetylenes is 2. The molecule has 0 aliphatic carbocycles. The summed E-state index contributed by atoms with van der Waals surface area (Å²) >= 11 is 4.88. The molecule has 0 N–H and O–H groups in total. The first-order chi connectivity index (χ1) is 6.69. The van der Waals surface area contributed by atoms with Gasteiger partial charge in [0.05, 0.1) is 0 Å². The second-order valence-corrected chi connectivity index (χ2v) is 6.53. The normalized spacial score (nSPS) is 7.43. The third-order valence-corrected chi connectivity index (χ3v) is 1.96. The fraction of sp³-hybridized carbons (Fsp3) is 0. The minimum absolute atomic E-state index is 0.408. The Kier molecular flexibility index (Phi) is 8.71. The van der Waals surface area contributed by atoms with Crippen molar-refractivity contribution in [3.8, 4) is 24.7 Å². The molecule has 0 bridgehead atoms. The molecule has 0 aliphatic rings. The Morgan fingerprint density at radius 3 is 2.14 bits per heavy atom. The van der Waals surface area contributed by atoms with Gasteiger partial charge in [-0.25, -0.2) is 0 Å². The number of rotatable bonds is 0. The van der Waals surface area contributed by atoms with Crippen LogP contribution in [0.5, 0.6) is 0 Å². The van der Waals surface area contributed by atoms with Gasteiger partial charge in [-0.3, -0.25) is 0 Å². The van der Waals surface area contributed by atoms with Crippen molar-refractivity contribution < 1.29 is 12.4 Å². The second-order valence-electron chi connectivity index (χ2n) is 2.10. The summed E-state index contributed by atoms with van der Waals surface area (Å²) < 4.78 is 1.11. The molecular formula is C11H7I2V. The van der Waals surface area contributed by atoms with Crippen molar-refractivity contribution >= 4 is 47.8 Å². The number of hydrogen-bond donors (Lipinski definition) is 0. The van der Waals surface area contributed by atoms with E-state index in [9.17, 15) is 0 Å². The van der Waals surface area contributed by atoms with E-state index in [-0.39, 0.29) is 0 Å². The Bertz CT molecular complexity index is 397. The average molecular weight is 444 g/mol. The van der Waals surface area contributed by atoms with E-state index >= 15 is 0 Å². The van der Waals surface area contributed by atoms with Crippen molar-refractivity contribution in [3.63, 3.8) is 0 Å². The Morgan fingerprint density at radius 1 is 1.21 bits per heavy atom. The molecule has 0 aliphatic heterocycles. The number of hydrogen-bond acceptors (Lipinski definition) is 0. The average Bonchev–Trinajstić information content (AvgIpc) is 2.19. The Hall–Kier alpha value is 0.254. The van der Waals surface area contributed by atoms with E-state index in [2.05, 4.69) is 59.6 Å². The minimum atomic E-state index is 0.408. The third kappa shape index (κ3) is 5.21. The zero-order valence-corrected chi connectivity index (χ0v) is 13.0. The molecule has 0 amide bonds. The van der Waals surface area contributed by atoms with Crippen LogP contribution < -0.4 is 0 Å². The zero-order valence-electron chi connectivity index (χ0n) is 7.30. The van der Waals surface area contributed by atoms with Crippen LogP contribution in [0.1, 0.15) is 11.1 Å². The van der Waals surface area contributed by atoms with E-state index in [4.69, 9.17) is 12.8 Å². The number of halogens is 2. The summed E-state index contributed by atoms with van der Waals surface area (Å²) in [6, 6.07) is 5.70. The van der Waals surface area contributed by atoms with Crippen LogP contribution in [0, 0.1) is 28.3 Å². The molecule has 0 aromatic heterocycles. The molecule has 0 heterocycles.